The van der Waals surface area contributed by atoms with Crippen molar-refractivity contribution >= 4 is 18.7 Å². The minimum Gasteiger partial charge on any atom is -0.497 e. The van der Waals surface area contributed by atoms with Gasteiger partial charge in [0, 0.05) is 19.8 Å². The fraction of sp³-hybridized carbons (Fsp3) is 0.500. The fourth-order valence-corrected chi connectivity index (χ4v) is 3.44. The third-order valence-corrected chi connectivity index (χ3v) is 5.27. The van der Waals surface area contributed by atoms with Gasteiger partial charge in [-0.15, -0.1) is 0 Å². The number of guanidine groups is 1. The Hall–Kier alpha value is -2.87. The number of nitrogens with one attached hydrogen (secondary N) is 1. The van der Waals surface area contributed by atoms with E-state index in [1.165, 1.54) is 0 Å². The number of amidine groups is 1. The summed E-state index contributed by atoms with van der Waals surface area (Å²) in [7, 11) is 3.79. The fourth-order valence-electron chi connectivity index (χ4n) is 3.44. The quantitative estimate of drug-likeness (QED) is 0.751. The Labute approximate surface area is 179 Å². The van der Waals surface area contributed by atoms with Crippen molar-refractivity contribution in [2.75, 3.05) is 27.2 Å². The van der Waals surface area contributed by atoms with Gasteiger partial charge in [0.2, 0.25) is 0 Å². The van der Waals surface area contributed by atoms with E-state index in [0.29, 0.717) is 12.0 Å². The Balaban J connectivity index is 1.90. The molecule has 1 saturated heterocycles. The van der Waals surface area contributed by atoms with Crippen LogP contribution in [-0.4, -0.2) is 62.0 Å². The molecule has 162 valence electrons. The van der Waals surface area contributed by atoms with Crippen LogP contribution < -0.4 is 10.1 Å². The van der Waals surface area contributed by atoms with Crippen LogP contribution in [0.1, 0.15) is 45.2 Å². The minimum atomic E-state index is -0.149. The number of benzene rings is 1. The van der Waals surface area contributed by atoms with Gasteiger partial charge in [-0.3, -0.25) is 5.32 Å². The zero-order chi connectivity index (χ0) is 21.7. The van der Waals surface area contributed by atoms with Crippen LogP contribution in [0.2, 0.25) is 0 Å². The second-order valence-electron chi connectivity index (χ2n) is 7.85. The average molecular weight is 413 g/mol. The predicted molar refractivity (Wildman–Crippen MR) is 121 cm³/mol. The maximum absolute atomic E-state index is 6.20. The molecule has 1 fully saturated rings. The maximum atomic E-state index is 6.20. The lowest BCUT2D eigenvalue weighted by atomic mass is 10.1. The molecule has 3 rings (SSSR count). The van der Waals surface area contributed by atoms with Gasteiger partial charge in [0.1, 0.15) is 17.7 Å². The van der Waals surface area contributed by atoms with Gasteiger partial charge in [-0.2, -0.15) is 15.1 Å². The van der Waals surface area contributed by atoms with Crippen molar-refractivity contribution in [3.8, 4) is 5.75 Å². The molecule has 1 atom stereocenters. The van der Waals surface area contributed by atoms with Gasteiger partial charge in [0.25, 0.3) is 12.0 Å². The number of methoxy groups -OCH3 is 1. The largest absolute Gasteiger partial charge is 0.497 e. The average Bonchev–Trinajstić information content (AvgIpc) is 2.75. The molecule has 1 aromatic carbocycles. The van der Waals surface area contributed by atoms with Crippen LogP contribution in [0.3, 0.4) is 0 Å². The van der Waals surface area contributed by atoms with Crippen molar-refractivity contribution in [2.24, 2.45) is 15.1 Å². The molecule has 1 aromatic rings. The second-order valence-corrected chi connectivity index (χ2v) is 7.85. The molecule has 30 heavy (non-hydrogen) atoms. The molecule has 0 aromatic heterocycles. The van der Waals surface area contributed by atoms with Gasteiger partial charge in [0.05, 0.1) is 13.2 Å². The van der Waals surface area contributed by atoms with Crippen LogP contribution in [0, 0.1) is 0 Å². The van der Waals surface area contributed by atoms with Gasteiger partial charge >= 0.3 is 0 Å². The molecule has 0 radical (unpaired) electrons. The number of hydrogen-bond donors (Lipinski definition) is 1. The molecular weight excluding hydrogens is 380 g/mol. The van der Waals surface area contributed by atoms with E-state index >= 15 is 0 Å². The number of hydrogen-bond acceptors (Lipinski definition) is 6. The van der Waals surface area contributed by atoms with Gasteiger partial charge in [-0.1, -0.05) is 12.1 Å². The van der Waals surface area contributed by atoms with E-state index in [1.807, 2.05) is 45.0 Å². The van der Waals surface area contributed by atoms with E-state index in [2.05, 4.69) is 34.1 Å². The van der Waals surface area contributed by atoms with E-state index in [4.69, 9.17) is 14.5 Å². The van der Waals surface area contributed by atoms with E-state index < -0.39 is 0 Å². The number of nitrogens with zero attached hydrogens (tertiary/aromatic N) is 5. The Morgan fingerprint density at radius 1 is 1.30 bits per heavy atom. The normalized spacial score (nSPS) is 20.4. The van der Waals surface area contributed by atoms with Crippen LogP contribution in [0.25, 0.3) is 0 Å². The number of allylic oxidation sites excluding steroid dienone is 1. The highest BCUT2D eigenvalue weighted by Crippen LogP contribution is 2.24. The molecule has 0 amide bonds. The Kier molecular flexibility index (Phi) is 7.10. The summed E-state index contributed by atoms with van der Waals surface area (Å²) in [5, 5.41) is 9.02. The van der Waals surface area contributed by atoms with E-state index in [1.54, 1.807) is 12.1 Å². The molecule has 1 N–H and O–H groups in total. The standard InChI is InChI=1S/C22H32N6O2/c1-15(2)20-25-22(30-18-10-12-27(5)13-11-18)26-21(28(20)23-4)24-16(3)17-8-7-9-19(14-17)29-6/h7-9,14,16,18H,4,10-13H2,1-3,5-6H3,(H,24,25,26)/t16-/m0/s1. The topological polar surface area (TPSA) is 74.0 Å². The number of likely N-dealkylation sites (tertiary alicyclic amines) is 1. The molecule has 0 bridgehead atoms. The highest BCUT2D eigenvalue weighted by molar-refractivity contribution is 5.97. The highest BCUT2D eigenvalue weighted by Gasteiger charge is 2.28. The van der Waals surface area contributed by atoms with Crippen molar-refractivity contribution in [3.05, 3.63) is 41.2 Å². The molecule has 2 aliphatic heterocycles. The first kappa shape index (κ1) is 21.8. The maximum Gasteiger partial charge on any atom is 0.298 e. The first-order valence-corrected chi connectivity index (χ1v) is 10.3. The summed E-state index contributed by atoms with van der Waals surface area (Å²) in [4.78, 5) is 11.8. The van der Waals surface area contributed by atoms with Crippen molar-refractivity contribution in [1.29, 1.82) is 0 Å². The van der Waals surface area contributed by atoms with E-state index in [-0.39, 0.29) is 12.1 Å². The molecule has 2 aliphatic rings. The monoisotopic (exact) mass is 412 g/mol. The summed E-state index contributed by atoms with van der Waals surface area (Å²) < 4.78 is 11.5. The second kappa shape index (κ2) is 9.75. The summed E-state index contributed by atoms with van der Waals surface area (Å²) in [6.45, 7) is 11.8. The zero-order valence-corrected chi connectivity index (χ0v) is 18.6. The number of aliphatic imine (C=N–C) groups is 2. The zero-order valence-electron chi connectivity index (χ0n) is 18.6. The summed E-state index contributed by atoms with van der Waals surface area (Å²) in [5.74, 6) is 2.00. The van der Waals surface area contributed by atoms with Crippen LogP contribution >= 0.6 is 0 Å². The van der Waals surface area contributed by atoms with Gasteiger partial charge < -0.3 is 14.4 Å². The Morgan fingerprint density at radius 3 is 2.67 bits per heavy atom. The van der Waals surface area contributed by atoms with Crippen LogP contribution in [0.5, 0.6) is 5.75 Å². The van der Waals surface area contributed by atoms with Gasteiger partial charge in [0.15, 0.2) is 0 Å². The molecule has 8 heteroatoms. The third kappa shape index (κ3) is 5.18. The molecule has 0 saturated carbocycles. The summed E-state index contributed by atoms with van der Waals surface area (Å²) in [6.07, 6.45) is 2.07. The van der Waals surface area contributed by atoms with Crippen LogP contribution in [-0.2, 0) is 4.74 Å². The number of hydrazone groups is 1. The van der Waals surface area contributed by atoms with Crippen molar-refractivity contribution in [1.82, 2.24) is 15.2 Å². The number of ether oxygens (including phenoxy) is 2. The number of rotatable bonds is 5. The van der Waals surface area contributed by atoms with Crippen LogP contribution in [0.15, 0.2) is 50.7 Å². The molecule has 0 spiro atoms. The van der Waals surface area contributed by atoms with E-state index in [0.717, 1.165) is 48.6 Å². The van der Waals surface area contributed by atoms with Crippen molar-refractivity contribution in [2.45, 2.75) is 45.8 Å². The van der Waals surface area contributed by atoms with Gasteiger partial charge in [-0.25, -0.2) is 4.99 Å². The summed E-state index contributed by atoms with van der Waals surface area (Å²) in [5.41, 5.74) is 2.06. The van der Waals surface area contributed by atoms with E-state index in [9.17, 15) is 0 Å². The Bertz CT molecular complexity index is 851. The molecule has 0 unspecified atom stereocenters. The minimum absolute atomic E-state index is 0.131. The first-order chi connectivity index (χ1) is 14.4. The number of piperidine rings is 1. The van der Waals surface area contributed by atoms with Crippen LogP contribution in [0.4, 0.5) is 0 Å². The third-order valence-electron chi connectivity index (χ3n) is 5.27. The lowest BCUT2D eigenvalue weighted by Gasteiger charge is -2.33. The molecule has 2 heterocycles. The summed E-state index contributed by atoms with van der Waals surface area (Å²) in [6, 6.07) is 8.17. The molecular formula is C22H32N6O2. The Morgan fingerprint density at radius 2 is 2.03 bits per heavy atom. The summed E-state index contributed by atoms with van der Waals surface area (Å²) >= 11 is 0. The molecule has 0 aliphatic carbocycles. The van der Waals surface area contributed by atoms with Crippen molar-refractivity contribution < 1.29 is 9.47 Å². The highest BCUT2D eigenvalue weighted by atomic mass is 16.5. The first-order valence-electron chi connectivity index (χ1n) is 10.3. The van der Waals surface area contributed by atoms with Gasteiger partial charge in [-0.05, 0) is 63.9 Å². The smallest absolute Gasteiger partial charge is 0.298 e. The molecule has 8 nitrogen and oxygen atoms in total. The lowest BCUT2D eigenvalue weighted by Crippen LogP contribution is -2.45. The SMILES string of the molecule is C=NN1C(=N[C@@H](C)c2cccc(OC)c2)N=C(OC2CCN(C)CC2)NC1=C(C)C. The lowest BCUT2D eigenvalue weighted by molar-refractivity contribution is 0.0990. The van der Waals surface area contributed by atoms with Crippen molar-refractivity contribution in [3.63, 3.8) is 0 Å². The predicted octanol–water partition coefficient (Wildman–Crippen LogP) is 3.35.